The third-order valence-electron chi connectivity index (χ3n) is 7.05. The van der Waals surface area contributed by atoms with Crippen LogP contribution in [0.4, 0.5) is 5.82 Å². The maximum absolute atomic E-state index is 12.7. The fourth-order valence-electron chi connectivity index (χ4n) is 5.09. The van der Waals surface area contributed by atoms with E-state index in [9.17, 15) is 43.6 Å². The number of aliphatic hydroxyl groups is 2. The van der Waals surface area contributed by atoms with E-state index in [1.54, 1.807) is 30.3 Å². The van der Waals surface area contributed by atoms with Gasteiger partial charge in [-0.15, -0.1) is 0 Å². The zero-order chi connectivity index (χ0) is 31.5. The smallest absolute Gasteiger partial charge is 0.351 e. The van der Waals surface area contributed by atoms with Crippen molar-refractivity contribution >= 4 is 27.1 Å². The molecule has 2 aliphatic rings. The Bertz CT molecular complexity index is 1420. The number of aromatic nitrogens is 2. The highest BCUT2D eigenvalue weighted by Gasteiger charge is 2.46. The standard InChI is InChI=1S/C24H34N4O13P2/c1-13(29)26-16-9-15(10-17(16)38-11-14-5-3-2-4-6-14)23(42(33,34)35)41-43(36,37)39-12-18-20(30)21(31)22(40-18)28-8-7-19(25)27-24(28)32/h2-8,15-18,20-23,30-31H,9-12H2,1H3,(H,26,29)(H,36,37)(H2,25,27,32)(H2,33,34,35)/p-3/t15-,16-,17+,18+,20+,21+,22+,23?/m0/s1. The van der Waals surface area contributed by atoms with Crippen molar-refractivity contribution in [2.75, 3.05) is 12.3 Å². The molecule has 9 atom stereocenters. The molecule has 1 aromatic heterocycles. The van der Waals surface area contributed by atoms with Gasteiger partial charge in [-0.1, -0.05) is 30.3 Å². The Kier molecular flexibility index (Phi) is 10.6. The van der Waals surface area contributed by atoms with Gasteiger partial charge in [0.25, 0.3) is 7.82 Å². The van der Waals surface area contributed by atoms with Crippen LogP contribution in [0.15, 0.2) is 47.4 Å². The number of benzene rings is 1. The van der Waals surface area contributed by atoms with Crippen LogP contribution in [-0.2, 0) is 39.1 Å². The van der Waals surface area contributed by atoms with Crippen molar-refractivity contribution in [3.8, 4) is 0 Å². The van der Waals surface area contributed by atoms with Gasteiger partial charge < -0.3 is 59.0 Å². The summed E-state index contributed by atoms with van der Waals surface area (Å²) < 4.78 is 46.5. The number of hydrogen-bond donors (Lipinski definition) is 4. The van der Waals surface area contributed by atoms with Crippen molar-refractivity contribution < 1.29 is 57.3 Å². The van der Waals surface area contributed by atoms with E-state index in [2.05, 4.69) is 10.3 Å². The van der Waals surface area contributed by atoms with Crippen molar-refractivity contribution in [3.05, 3.63) is 58.6 Å². The quantitative estimate of drug-likeness (QED) is 0.177. The molecule has 1 saturated carbocycles. The first-order valence-electron chi connectivity index (χ1n) is 13.1. The molecule has 43 heavy (non-hydrogen) atoms. The Morgan fingerprint density at radius 2 is 1.88 bits per heavy atom. The Hall–Kier alpha value is -2.53. The molecule has 1 aliphatic carbocycles. The lowest BCUT2D eigenvalue weighted by Gasteiger charge is -2.43. The van der Waals surface area contributed by atoms with Crippen molar-refractivity contribution in [2.24, 2.45) is 5.92 Å². The molecule has 5 N–H and O–H groups in total. The van der Waals surface area contributed by atoms with Crippen molar-refractivity contribution in [1.82, 2.24) is 14.9 Å². The monoisotopic (exact) mass is 645 g/mol. The van der Waals surface area contributed by atoms with Gasteiger partial charge in [0.1, 0.15) is 24.1 Å². The van der Waals surface area contributed by atoms with Crippen LogP contribution in [-0.4, -0.2) is 68.6 Å². The summed E-state index contributed by atoms with van der Waals surface area (Å²) in [5.74, 6) is -4.16. The number of phosphoric acid groups is 1. The fraction of sp³-hybridized carbons (Fsp3) is 0.542. The molecular formula is C24H31N4O13P2-3. The molecule has 0 spiro atoms. The van der Waals surface area contributed by atoms with Crippen LogP contribution in [0.2, 0.25) is 0 Å². The Morgan fingerprint density at radius 3 is 2.51 bits per heavy atom. The second kappa shape index (κ2) is 13.6. The van der Waals surface area contributed by atoms with Gasteiger partial charge >= 0.3 is 5.69 Å². The molecule has 0 bridgehead atoms. The van der Waals surface area contributed by atoms with Gasteiger partial charge in [0.2, 0.25) is 5.91 Å². The predicted molar refractivity (Wildman–Crippen MR) is 140 cm³/mol. The topological polar surface area (TPSA) is 271 Å². The summed E-state index contributed by atoms with van der Waals surface area (Å²) in [5.41, 5.74) is 5.31. The maximum Gasteiger partial charge on any atom is 0.351 e. The lowest BCUT2D eigenvalue weighted by atomic mass is 10.1. The number of carbonyl (C=O) groups excluding carboxylic acids is 1. The van der Waals surface area contributed by atoms with Gasteiger partial charge in [-0.2, -0.15) is 4.98 Å². The molecule has 1 aliphatic heterocycles. The third-order valence-corrected chi connectivity index (χ3v) is 9.32. The van der Waals surface area contributed by atoms with E-state index in [0.29, 0.717) is 0 Å². The molecule has 2 unspecified atom stereocenters. The highest BCUT2D eigenvalue weighted by Crippen LogP contribution is 2.53. The van der Waals surface area contributed by atoms with Crippen LogP contribution in [0.5, 0.6) is 0 Å². The molecule has 2 heterocycles. The number of aliphatic hydroxyl groups excluding tert-OH is 2. The average molecular weight is 645 g/mol. The number of ether oxygens (including phenoxy) is 2. The highest BCUT2D eigenvalue weighted by molar-refractivity contribution is 7.51. The normalized spacial score (nSPS) is 29.7. The molecule has 2 fully saturated rings. The first-order valence-corrected chi connectivity index (χ1v) is 16.2. The number of carbonyl (C=O) groups is 1. The lowest BCUT2D eigenvalue weighted by Crippen LogP contribution is -2.40. The van der Waals surface area contributed by atoms with E-state index in [4.69, 9.17) is 24.3 Å². The van der Waals surface area contributed by atoms with E-state index in [0.717, 1.165) is 16.3 Å². The van der Waals surface area contributed by atoms with E-state index in [-0.39, 0.29) is 25.3 Å². The number of phosphoric ester groups is 1. The van der Waals surface area contributed by atoms with Gasteiger partial charge in [-0.3, -0.25) is 13.9 Å². The number of anilines is 1. The van der Waals surface area contributed by atoms with E-state index in [1.807, 2.05) is 0 Å². The summed E-state index contributed by atoms with van der Waals surface area (Å²) in [6, 6.07) is 9.44. The zero-order valence-electron chi connectivity index (χ0n) is 22.7. The lowest BCUT2D eigenvalue weighted by molar-refractivity contribution is -0.326. The fourth-order valence-corrected chi connectivity index (χ4v) is 7.49. The molecule has 1 saturated heterocycles. The van der Waals surface area contributed by atoms with Gasteiger partial charge in [0, 0.05) is 13.1 Å². The number of nitrogens with two attached hydrogens (primary N) is 1. The van der Waals surface area contributed by atoms with Gasteiger partial charge in [-0.25, -0.2) is 4.79 Å². The Morgan fingerprint density at radius 1 is 1.19 bits per heavy atom. The first kappa shape index (κ1) is 33.4. The average Bonchev–Trinajstić information content (AvgIpc) is 3.44. The molecule has 4 rings (SSSR count). The summed E-state index contributed by atoms with van der Waals surface area (Å²) in [4.78, 5) is 64.4. The van der Waals surface area contributed by atoms with Crippen LogP contribution in [0.1, 0.15) is 31.6 Å². The van der Waals surface area contributed by atoms with E-state index in [1.165, 1.54) is 13.0 Å². The second-order valence-corrected chi connectivity index (χ2v) is 13.2. The van der Waals surface area contributed by atoms with Gasteiger partial charge in [-0.05, 0) is 38.0 Å². The molecule has 17 nitrogen and oxygen atoms in total. The highest BCUT2D eigenvalue weighted by atomic mass is 31.2. The minimum absolute atomic E-state index is 0.102. The number of nitrogen functional groups attached to an aromatic ring is 1. The predicted octanol–water partition coefficient (Wildman–Crippen LogP) is -2.31. The van der Waals surface area contributed by atoms with Crippen LogP contribution < -0.4 is 31.4 Å². The molecule has 238 valence electrons. The minimum Gasteiger partial charge on any atom is -0.809 e. The largest absolute Gasteiger partial charge is 0.809 e. The van der Waals surface area contributed by atoms with E-state index < -0.39 is 82.1 Å². The number of rotatable bonds is 12. The molecule has 1 amide bonds. The van der Waals surface area contributed by atoms with Crippen molar-refractivity contribution in [2.45, 2.75) is 68.9 Å². The molecule has 19 heteroatoms. The summed E-state index contributed by atoms with van der Waals surface area (Å²) >= 11 is 0. The number of amides is 1. The molecule has 1 aromatic carbocycles. The summed E-state index contributed by atoms with van der Waals surface area (Å²) in [7, 11) is -11.3. The molecular weight excluding hydrogens is 614 g/mol. The molecule has 0 radical (unpaired) electrons. The summed E-state index contributed by atoms with van der Waals surface area (Å²) in [5, 5.41) is 23.3. The van der Waals surface area contributed by atoms with Gasteiger partial charge in [0.05, 0.1) is 31.2 Å². The summed E-state index contributed by atoms with van der Waals surface area (Å²) in [6.07, 6.45) is -6.38. The number of nitrogens with one attached hydrogen (secondary N) is 1. The van der Waals surface area contributed by atoms with Crippen molar-refractivity contribution in [1.29, 1.82) is 0 Å². The van der Waals surface area contributed by atoms with Gasteiger partial charge in [0.15, 0.2) is 6.23 Å². The SMILES string of the molecule is CC(=O)N[C@H]1C[C@H](C(OP(=O)([O-])OC[C@H]2O[C@@H](n3ccc(N)nc3=O)[C@H](O)[C@@H]2O)P(=O)([O-])[O-])C[C@H]1OCc1ccccc1. The van der Waals surface area contributed by atoms with Crippen LogP contribution in [0, 0.1) is 5.92 Å². The van der Waals surface area contributed by atoms with Crippen molar-refractivity contribution in [3.63, 3.8) is 0 Å². The van der Waals surface area contributed by atoms with Crippen LogP contribution in [0.3, 0.4) is 0 Å². The van der Waals surface area contributed by atoms with Crippen LogP contribution >= 0.6 is 15.4 Å². The maximum atomic E-state index is 12.7. The minimum atomic E-state index is -5.73. The molecule has 2 aromatic rings. The number of hydrogen-bond acceptors (Lipinski definition) is 15. The first-order chi connectivity index (χ1) is 20.1. The second-order valence-electron chi connectivity index (χ2n) is 10.2. The Labute approximate surface area is 245 Å². The zero-order valence-corrected chi connectivity index (χ0v) is 24.5. The third kappa shape index (κ3) is 8.56. The summed E-state index contributed by atoms with van der Waals surface area (Å²) in [6.45, 7) is 0.371. The van der Waals surface area contributed by atoms with Crippen LogP contribution in [0.25, 0.3) is 0 Å². The van der Waals surface area contributed by atoms with E-state index >= 15 is 0 Å². The number of nitrogens with zero attached hydrogens (tertiary/aromatic N) is 2. The Balaban J connectivity index is 1.42.